The summed E-state index contributed by atoms with van der Waals surface area (Å²) in [6.07, 6.45) is 0.750. The molecule has 0 spiro atoms. The van der Waals surface area contributed by atoms with Crippen molar-refractivity contribution in [2.45, 2.75) is 26.3 Å². The zero-order chi connectivity index (χ0) is 19.1. The van der Waals surface area contributed by atoms with Crippen molar-refractivity contribution in [3.05, 3.63) is 58.6 Å². The van der Waals surface area contributed by atoms with Crippen molar-refractivity contribution in [2.24, 2.45) is 0 Å². The first kappa shape index (κ1) is 17.1. The number of benzene rings is 2. The number of carbonyl (C=O) groups excluding carboxylic acids is 2. The second kappa shape index (κ2) is 6.42. The summed E-state index contributed by atoms with van der Waals surface area (Å²) in [5.41, 5.74) is 3.56. The lowest BCUT2D eigenvalue weighted by atomic mass is 10.1. The van der Waals surface area contributed by atoms with E-state index in [1.165, 1.54) is 4.57 Å². The van der Waals surface area contributed by atoms with Gasteiger partial charge in [0.15, 0.2) is 5.58 Å². The van der Waals surface area contributed by atoms with Gasteiger partial charge in [-0.05, 0) is 49.2 Å². The minimum Gasteiger partial charge on any atom is -0.408 e. The summed E-state index contributed by atoms with van der Waals surface area (Å²) in [7, 11) is 0. The van der Waals surface area contributed by atoms with E-state index in [1.54, 1.807) is 49.1 Å². The number of aromatic nitrogens is 1. The highest BCUT2D eigenvalue weighted by Gasteiger charge is 2.24. The first-order chi connectivity index (χ1) is 13.0. The van der Waals surface area contributed by atoms with E-state index in [2.05, 4.69) is 5.32 Å². The van der Waals surface area contributed by atoms with Gasteiger partial charge >= 0.3 is 5.76 Å². The predicted octanol–water partition coefficient (Wildman–Crippen LogP) is 2.70. The van der Waals surface area contributed by atoms with E-state index in [0.717, 1.165) is 17.7 Å². The third kappa shape index (κ3) is 2.91. The van der Waals surface area contributed by atoms with Gasteiger partial charge in [0.05, 0.1) is 5.52 Å². The Morgan fingerprint density at radius 3 is 2.74 bits per heavy atom. The maximum absolute atomic E-state index is 12.7. The van der Waals surface area contributed by atoms with Crippen LogP contribution in [0.4, 0.5) is 11.4 Å². The SMILES string of the molecule is CC(=O)N1CCc2cc(NC(=O)C(C)n3c(=O)oc4ccccc43)ccc21. The highest BCUT2D eigenvalue weighted by Crippen LogP contribution is 2.30. The van der Waals surface area contributed by atoms with Crippen molar-refractivity contribution in [3.8, 4) is 0 Å². The molecule has 138 valence electrons. The van der Waals surface area contributed by atoms with Crippen LogP contribution in [0, 0.1) is 0 Å². The molecule has 2 aromatic carbocycles. The smallest absolute Gasteiger partial charge is 0.408 e. The number of oxazole rings is 1. The molecular weight excluding hydrogens is 346 g/mol. The van der Waals surface area contributed by atoms with Crippen LogP contribution in [0.3, 0.4) is 0 Å². The lowest BCUT2D eigenvalue weighted by molar-refractivity contribution is -0.119. The average Bonchev–Trinajstić information content (AvgIpc) is 3.20. The van der Waals surface area contributed by atoms with Gasteiger partial charge in [-0.15, -0.1) is 0 Å². The fourth-order valence-corrected chi connectivity index (χ4v) is 3.52. The molecular formula is C20H19N3O4. The van der Waals surface area contributed by atoms with Gasteiger partial charge in [0.2, 0.25) is 11.8 Å². The quantitative estimate of drug-likeness (QED) is 0.773. The van der Waals surface area contributed by atoms with Gasteiger partial charge < -0.3 is 14.6 Å². The van der Waals surface area contributed by atoms with Crippen LogP contribution in [0.25, 0.3) is 11.1 Å². The molecule has 0 radical (unpaired) electrons. The monoisotopic (exact) mass is 365 g/mol. The molecule has 0 saturated heterocycles. The third-order valence-corrected chi connectivity index (χ3v) is 4.91. The molecule has 7 heteroatoms. The Balaban J connectivity index is 1.58. The molecule has 2 heterocycles. The second-order valence-electron chi connectivity index (χ2n) is 6.64. The van der Waals surface area contributed by atoms with E-state index in [1.807, 2.05) is 12.1 Å². The van der Waals surface area contributed by atoms with E-state index in [-0.39, 0.29) is 11.8 Å². The summed E-state index contributed by atoms with van der Waals surface area (Å²) in [6, 6.07) is 11.7. The summed E-state index contributed by atoms with van der Waals surface area (Å²) < 4.78 is 6.55. The van der Waals surface area contributed by atoms with Crippen LogP contribution in [-0.4, -0.2) is 22.9 Å². The summed E-state index contributed by atoms with van der Waals surface area (Å²) in [4.78, 5) is 38.2. The van der Waals surface area contributed by atoms with Gasteiger partial charge in [-0.3, -0.25) is 14.2 Å². The van der Waals surface area contributed by atoms with Gasteiger partial charge in [-0.25, -0.2) is 4.79 Å². The Kier molecular flexibility index (Phi) is 4.07. The molecule has 0 fully saturated rings. The van der Waals surface area contributed by atoms with E-state index < -0.39 is 11.8 Å². The van der Waals surface area contributed by atoms with Crippen molar-refractivity contribution in [2.75, 3.05) is 16.8 Å². The lowest BCUT2D eigenvalue weighted by Gasteiger charge is -2.16. The Bertz CT molecular complexity index is 1110. The van der Waals surface area contributed by atoms with Crippen molar-refractivity contribution < 1.29 is 14.0 Å². The average molecular weight is 365 g/mol. The van der Waals surface area contributed by atoms with Crippen LogP contribution >= 0.6 is 0 Å². The topological polar surface area (TPSA) is 84.5 Å². The number of nitrogens with zero attached hydrogens (tertiary/aromatic N) is 2. The van der Waals surface area contributed by atoms with Crippen LogP contribution in [0.2, 0.25) is 0 Å². The summed E-state index contributed by atoms with van der Waals surface area (Å²) in [6.45, 7) is 3.85. The molecule has 27 heavy (non-hydrogen) atoms. The molecule has 1 aliphatic rings. The Hall–Kier alpha value is -3.35. The van der Waals surface area contributed by atoms with Gasteiger partial charge in [-0.1, -0.05) is 12.1 Å². The maximum Gasteiger partial charge on any atom is 0.420 e. The first-order valence-electron chi connectivity index (χ1n) is 8.77. The normalized spacial score (nSPS) is 14.2. The van der Waals surface area contributed by atoms with E-state index in [4.69, 9.17) is 4.42 Å². The van der Waals surface area contributed by atoms with E-state index in [9.17, 15) is 14.4 Å². The predicted molar refractivity (Wildman–Crippen MR) is 102 cm³/mol. The van der Waals surface area contributed by atoms with E-state index in [0.29, 0.717) is 23.3 Å². The number of hydrogen-bond acceptors (Lipinski definition) is 4. The van der Waals surface area contributed by atoms with Crippen molar-refractivity contribution in [1.29, 1.82) is 0 Å². The first-order valence-corrected chi connectivity index (χ1v) is 8.77. The van der Waals surface area contributed by atoms with Crippen molar-refractivity contribution >= 4 is 34.3 Å². The van der Waals surface area contributed by atoms with Gasteiger partial charge in [0.25, 0.3) is 0 Å². The number of fused-ring (bicyclic) bond motifs is 2. The van der Waals surface area contributed by atoms with Crippen molar-refractivity contribution in [1.82, 2.24) is 4.57 Å². The van der Waals surface area contributed by atoms with E-state index >= 15 is 0 Å². The molecule has 1 N–H and O–H groups in total. The summed E-state index contributed by atoms with van der Waals surface area (Å²) >= 11 is 0. The molecule has 0 aliphatic carbocycles. The second-order valence-corrected chi connectivity index (χ2v) is 6.64. The minimum absolute atomic E-state index is 0.00497. The molecule has 0 bridgehead atoms. The number of anilines is 2. The molecule has 1 aliphatic heterocycles. The molecule has 2 amide bonds. The molecule has 3 aromatic rings. The fourth-order valence-electron chi connectivity index (χ4n) is 3.52. The third-order valence-electron chi connectivity index (χ3n) is 4.91. The van der Waals surface area contributed by atoms with Crippen LogP contribution in [-0.2, 0) is 16.0 Å². The highest BCUT2D eigenvalue weighted by atomic mass is 16.4. The number of nitrogens with one attached hydrogen (secondary N) is 1. The zero-order valence-corrected chi connectivity index (χ0v) is 15.1. The van der Waals surface area contributed by atoms with Crippen molar-refractivity contribution in [3.63, 3.8) is 0 Å². The minimum atomic E-state index is -0.733. The Morgan fingerprint density at radius 1 is 1.19 bits per heavy atom. The van der Waals surface area contributed by atoms with Crippen LogP contribution in [0.1, 0.15) is 25.5 Å². The molecule has 4 rings (SSSR count). The molecule has 1 aromatic heterocycles. The fraction of sp³-hybridized carbons (Fsp3) is 0.250. The Morgan fingerprint density at radius 2 is 1.96 bits per heavy atom. The summed E-state index contributed by atoms with van der Waals surface area (Å²) in [5.74, 6) is -0.875. The molecule has 1 unspecified atom stereocenters. The van der Waals surface area contributed by atoms with Gasteiger partial charge in [0.1, 0.15) is 6.04 Å². The number of amides is 2. The lowest BCUT2D eigenvalue weighted by Crippen LogP contribution is -2.29. The molecule has 1 atom stereocenters. The van der Waals surface area contributed by atoms with Crippen LogP contribution < -0.4 is 16.0 Å². The number of rotatable bonds is 3. The van der Waals surface area contributed by atoms with Gasteiger partial charge in [0, 0.05) is 24.8 Å². The van der Waals surface area contributed by atoms with Gasteiger partial charge in [-0.2, -0.15) is 0 Å². The highest BCUT2D eigenvalue weighted by molar-refractivity contribution is 5.97. The maximum atomic E-state index is 12.7. The number of hydrogen-bond donors (Lipinski definition) is 1. The van der Waals surface area contributed by atoms with Crippen LogP contribution in [0.5, 0.6) is 0 Å². The number of carbonyl (C=O) groups is 2. The van der Waals surface area contributed by atoms with Crippen LogP contribution in [0.15, 0.2) is 51.7 Å². The number of para-hydroxylation sites is 2. The Labute approximate surface area is 155 Å². The standard InChI is InChI=1S/C20H19N3O4/c1-12(23-17-5-3-4-6-18(17)27-20(23)26)19(25)21-15-7-8-16-14(11-15)9-10-22(16)13(2)24/h3-8,11-12H,9-10H2,1-2H3,(H,21,25). The zero-order valence-electron chi connectivity index (χ0n) is 15.1. The molecule has 0 saturated carbocycles. The largest absolute Gasteiger partial charge is 0.420 e. The summed E-state index contributed by atoms with van der Waals surface area (Å²) in [5, 5.41) is 2.85. The molecule has 7 nitrogen and oxygen atoms in total.